The van der Waals surface area contributed by atoms with Gasteiger partial charge in [0.15, 0.2) is 0 Å². The molecule has 0 radical (unpaired) electrons. The molecule has 0 amide bonds. The van der Waals surface area contributed by atoms with Gasteiger partial charge in [-0.3, -0.25) is 4.79 Å². The molecule has 1 atom stereocenters. The van der Waals surface area contributed by atoms with Gasteiger partial charge in [-0.1, -0.05) is 12.1 Å². The van der Waals surface area contributed by atoms with Crippen LogP contribution in [0.15, 0.2) is 42.5 Å². The van der Waals surface area contributed by atoms with Gasteiger partial charge >= 0.3 is 13.1 Å². The van der Waals surface area contributed by atoms with Crippen LogP contribution >= 0.6 is 0 Å². The first-order chi connectivity index (χ1) is 12.1. The summed E-state index contributed by atoms with van der Waals surface area (Å²) >= 11 is 0. The van der Waals surface area contributed by atoms with Crippen LogP contribution in [-0.4, -0.2) is 29.8 Å². The monoisotopic (exact) mass is 342 g/mol. The minimum Gasteiger partial charge on any atom is -0.508 e. The summed E-state index contributed by atoms with van der Waals surface area (Å²) in [6, 6.07) is 11.8. The molecule has 0 bridgehead atoms. The van der Waals surface area contributed by atoms with E-state index in [1.165, 1.54) is 6.07 Å². The van der Waals surface area contributed by atoms with Crippen molar-refractivity contribution in [1.82, 2.24) is 0 Å². The summed E-state index contributed by atoms with van der Waals surface area (Å²) in [6.45, 7) is 2.11. The zero-order valence-corrected chi connectivity index (χ0v) is 13.8. The number of fused-ring (bicyclic) bond motifs is 1. The third kappa shape index (κ3) is 4.13. The molecule has 0 fully saturated rings. The van der Waals surface area contributed by atoms with Crippen LogP contribution in [-0.2, 0) is 14.2 Å². The van der Waals surface area contributed by atoms with Crippen molar-refractivity contribution >= 4 is 18.6 Å². The lowest BCUT2D eigenvalue weighted by Gasteiger charge is -2.12. The Hall–Kier alpha value is -2.51. The van der Waals surface area contributed by atoms with Crippen LogP contribution in [0, 0.1) is 0 Å². The van der Waals surface area contributed by atoms with Crippen molar-refractivity contribution in [3.63, 3.8) is 0 Å². The van der Waals surface area contributed by atoms with Crippen LogP contribution in [0.3, 0.4) is 0 Å². The summed E-state index contributed by atoms with van der Waals surface area (Å²) in [4.78, 5) is 11.5. The van der Waals surface area contributed by atoms with Crippen molar-refractivity contribution in [1.29, 1.82) is 0 Å². The number of esters is 1. The second-order valence-electron chi connectivity index (χ2n) is 5.71. The zero-order chi connectivity index (χ0) is 17.8. The number of hydrogen-bond donors (Lipinski definition) is 2. The topological polar surface area (TPSA) is 85.2 Å². The molecule has 1 unspecified atom stereocenters. The summed E-state index contributed by atoms with van der Waals surface area (Å²) in [5.74, 6) is 0.851. The van der Waals surface area contributed by atoms with E-state index in [0.717, 1.165) is 5.56 Å². The Kier molecular flexibility index (Phi) is 5.26. The summed E-state index contributed by atoms with van der Waals surface area (Å²) < 4.78 is 16.1. The quantitative estimate of drug-likeness (QED) is 0.619. The number of phenols is 1. The van der Waals surface area contributed by atoms with E-state index in [0.29, 0.717) is 30.0 Å². The Morgan fingerprint density at radius 3 is 2.80 bits per heavy atom. The van der Waals surface area contributed by atoms with Gasteiger partial charge in [0.1, 0.15) is 17.2 Å². The Bertz CT molecular complexity index is 763. The number of phenolic OH excluding ortho intramolecular Hbond substituents is 1. The van der Waals surface area contributed by atoms with Gasteiger partial charge in [-0.05, 0) is 48.6 Å². The molecule has 6 nitrogen and oxygen atoms in total. The first kappa shape index (κ1) is 17.3. The SMILES string of the molecule is CCOC(=O)CCC1OB(O)c2cc(Oc3cccc(O)c3)ccc21. The number of rotatable bonds is 6. The highest BCUT2D eigenvalue weighted by atomic mass is 16.5. The predicted molar refractivity (Wildman–Crippen MR) is 91.9 cm³/mol. The van der Waals surface area contributed by atoms with E-state index in [4.69, 9.17) is 14.1 Å². The highest BCUT2D eigenvalue weighted by Crippen LogP contribution is 2.31. The van der Waals surface area contributed by atoms with Gasteiger partial charge < -0.3 is 24.3 Å². The van der Waals surface area contributed by atoms with Gasteiger partial charge in [-0.2, -0.15) is 0 Å². The molecule has 2 aromatic rings. The molecule has 130 valence electrons. The standard InChI is InChI=1S/C18H19BO6/c1-2-23-18(21)9-8-17-15-7-6-14(11-16(15)19(22)25-17)24-13-5-3-4-12(20)10-13/h3-7,10-11,17,20,22H,2,8-9H2,1H3. The lowest BCUT2D eigenvalue weighted by Crippen LogP contribution is -2.27. The van der Waals surface area contributed by atoms with E-state index in [-0.39, 0.29) is 24.2 Å². The molecule has 0 aromatic heterocycles. The molecule has 1 aliphatic rings. The van der Waals surface area contributed by atoms with Gasteiger partial charge in [0.2, 0.25) is 0 Å². The molecular weight excluding hydrogens is 323 g/mol. The lowest BCUT2D eigenvalue weighted by atomic mass is 9.79. The summed E-state index contributed by atoms with van der Waals surface area (Å²) in [5.41, 5.74) is 1.45. The van der Waals surface area contributed by atoms with Crippen LogP contribution < -0.4 is 10.2 Å². The Morgan fingerprint density at radius 2 is 2.04 bits per heavy atom. The van der Waals surface area contributed by atoms with Gasteiger partial charge in [0.25, 0.3) is 0 Å². The number of benzene rings is 2. The van der Waals surface area contributed by atoms with Crippen molar-refractivity contribution < 1.29 is 29.1 Å². The second-order valence-corrected chi connectivity index (χ2v) is 5.71. The molecule has 0 spiro atoms. The van der Waals surface area contributed by atoms with E-state index in [2.05, 4.69) is 0 Å². The molecule has 2 N–H and O–H groups in total. The minimum absolute atomic E-state index is 0.112. The average Bonchev–Trinajstić information content (AvgIpc) is 2.89. The van der Waals surface area contributed by atoms with Gasteiger partial charge in [-0.25, -0.2) is 0 Å². The molecule has 25 heavy (non-hydrogen) atoms. The van der Waals surface area contributed by atoms with Crippen LogP contribution in [0.2, 0.25) is 0 Å². The Morgan fingerprint density at radius 1 is 1.24 bits per heavy atom. The van der Waals surface area contributed by atoms with Gasteiger partial charge in [0, 0.05) is 12.5 Å². The molecule has 1 aliphatic heterocycles. The third-order valence-corrected chi connectivity index (χ3v) is 3.93. The number of carbonyl (C=O) groups is 1. The minimum atomic E-state index is -1.06. The highest BCUT2D eigenvalue weighted by Gasteiger charge is 2.35. The van der Waals surface area contributed by atoms with Crippen molar-refractivity contribution in [3.8, 4) is 17.2 Å². The van der Waals surface area contributed by atoms with Crippen molar-refractivity contribution in [2.24, 2.45) is 0 Å². The van der Waals surface area contributed by atoms with E-state index in [1.54, 1.807) is 37.3 Å². The summed E-state index contributed by atoms with van der Waals surface area (Å²) in [7, 11) is -1.06. The van der Waals surface area contributed by atoms with E-state index in [1.807, 2.05) is 6.07 Å². The largest absolute Gasteiger partial charge is 0.508 e. The Balaban J connectivity index is 1.71. The van der Waals surface area contributed by atoms with Crippen molar-refractivity contribution in [2.75, 3.05) is 6.61 Å². The second kappa shape index (κ2) is 7.59. The number of ether oxygens (including phenoxy) is 2. The Labute approximate surface area is 146 Å². The maximum Gasteiger partial charge on any atom is 0.492 e. The maximum absolute atomic E-state index is 11.5. The van der Waals surface area contributed by atoms with Crippen LogP contribution in [0.1, 0.15) is 31.4 Å². The lowest BCUT2D eigenvalue weighted by molar-refractivity contribution is -0.143. The van der Waals surface area contributed by atoms with E-state index >= 15 is 0 Å². The van der Waals surface area contributed by atoms with Crippen LogP contribution in [0.4, 0.5) is 0 Å². The number of aromatic hydroxyl groups is 1. The zero-order valence-electron chi connectivity index (χ0n) is 13.8. The first-order valence-electron chi connectivity index (χ1n) is 8.16. The van der Waals surface area contributed by atoms with Gasteiger partial charge in [0.05, 0.1) is 12.7 Å². The average molecular weight is 342 g/mol. The fourth-order valence-corrected chi connectivity index (χ4v) is 2.81. The van der Waals surface area contributed by atoms with Crippen LogP contribution in [0.5, 0.6) is 17.2 Å². The smallest absolute Gasteiger partial charge is 0.492 e. The fourth-order valence-electron chi connectivity index (χ4n) is 2.81. The summed E-state index contributed by atoms with van der Waals surface area (Å²) in [5, 5.41) is 19.6. The highest BCUT2D eigenvalue weighted by molar-refractivity contribution is 6.61. The molecule has 0 saturated carbocycles. The normalized spacial score (nSPS) is 15.8. The van der Waals surface area contributed by atoms with E-state index < -0.39 is 7.12 Å². The molecule has 0 aliphatic carbocycles. The maximum atomic E-state index is 11.5. The van der Waals surface area contributed by atoms with Gasteiger partial charge in [-0.15, -0.1) is 0 Å². The van der Waals surface area contributed by atoms with Crippen LogP contribution in [0.25, 0.3) is 0 Å². The first-order valence-corrected chi connectivity index (χ1v) is 8.16. The van der Waals surface area contributed by atoms with Crippen molar-refractivity contribution in [3.05, 3.63) is 48.0 Å². The predicted octanol–water partition coefficient (Wildman–Crippen LogP) is 2.29. The summed E-state index contributed by atoms with van der Waals surface area (Å²) in [6.07, 6.45) is 0.311. The number of carbonyl (C=O) groups excluding carboxylic acids is 1. The molecule has 7 heteroatoms. The van der Waals surface area contributed by atoms with Crippen molar-refractivity contribution in [2.45, 2.75) is 25.9 Å². The molecule has 2 aromatic carbocycles. The third-order valence-electron chi connectivity index (χ3n) is 3.93. The molecule has 3 rings (SSSR count). The molecular formula is C18H19BO6. The fraction of sp³-hybridized carbons (Fsp3) is 0.278. The molecule has 0 saturated heterocycles. The number of hydrogen-bond acceptors (Lipinski definition) is 6. The molecule has 1 heterocycles. The van der Waals surface area contributed by atoms with E-state index in [9.17, 15) is 14.9 Å².